The minimum Gasteiger partial charge on any atom is -0.0651 e. The Morgan fingerprint density at radius 1 is 0.520 bits per heavy atom. The molecule has 0 unspecified atom stereocenters. The third-order valence-electron chi connectivity index (χ3n) is 7.39. The van der Waals surface area contributed by atoms with Crippen molar-refractivity contribution in [1.29, 1.82) is 0 Å². The van der Waals surface area contributed by atoms with Crippen molar-refractivity contribution in [3.63, 3.8) is 0 Å². The van der Waals surface area contributed by atoms with E-state index in [1.807, 2.05) is 0 Å². The Kier molecular flexibility index (Phi) is 12.2. The van der Waals surface area contributed by atoms with Gasteiger partial charge in [0.15, 0.2) is 0 Å². The van der Waals surface area contributed by atoms with E-state index in [0.717, 1.165) is 17.8 Å². The summed E-state index contributed by atoms with van der Waals surface area (Å²) in [6.07, 6.45) is 23.6. The highest BCUT2D eigenvalue weighted by molar-refractivity contribution is 4.77. The van der Waals surface area contributed by atoms with Crippen LogP contribution in [0, 0.1) is 23.2 Å². The molecule has 0 saturated heterocycles. The van der Waals surface area contributed by atoms with Gasteiger partial charge in [-0.15, -0.1) is 0 Å². The number of hydrogen-bond acceptors (Lipinski definition) is 0. The molecule has 0 atom stereocenters. The zero-order valence-corrected chi connectivity index (χ0v) is 18.5. The first-order valence-corrected chi connectivity index (χ1v) is 12.0. The molecule has 0 heterocycles. The lowest BCUT2D eigenvalue weighted by Gasteiger charge is -2.33. The second-order valence-corrected chi connectivity index (χ2v) is 9.99. The molecule has 3 aliphatic carbocycles. The Bertz CT molecular complexity index is 281. The molecule has 0 aliphatic heterocycles. The fourth-order valence-electron chi connectivity index (χ4n) is 4.88. The van der Waals surface area contributed by atoms with E-state index < -0.39 is 0 Å². The van der Waals surface area contributed by atoms with Crippen LogP contribution in [0.4, 0.5) is 0 Å². The molecule has 0 aromatic carbocycles. The molecule has 0 N–H and O–H groups in total. The molecule has 0 heteroatoms. The van der Waals surface area contributed by atoms with Crippen LogP contribution in [-0.4, -0.2) is 0 Å². The van der Waals surface area contributed by atoms with Crippen molar-refractivity contribution < 1.29 is 0 Å². The van der Waals surface area contributed by atoms with Gasteiger partial charge in [0.05, 0.1) is 0 Å². The molecular weight excluding hydrogens is 300 g/mol. The highest BCUT2D eigenvalue weighted by Gasteiger charge is 2.25. The summed E-state index contributed by atoms with van der Waals surface area (Å²) in [7, 11) is 0. The Labute approximate surface area is 160 Å². The van der Waals surface area contributed by atoms with Gasteiger partial charge in [0.2, 0.25) is 0 Å². The molecule has 150 valence electrons. The van der Waals surface area contributed by atoms with Crippen LogP contribution in [0.25, 0.3) is 0 Å². The van der Waals surface area contributed by atoms with Crippen LogP contribution < -0.4 is 0 Å². The van der Waals surface area contributed by atoms with Crippen LogP contribution in [-0.2, 0) is 0 Å². The number of rotatable bonds is 3. The third-order valence-corrected chi connectivity index (χ3v) is 7.39. The van der Waals surface area contributed by atoms with Gasteiger partial charge in [0.25, 0.3) is 0 Å². The monoisotopic (exact) mass is 350 g/mol. The predicted octanol–water partition coefficient (Wildman–Crippen LogP) is 9.18. The summed E-state index contributed by atoms with van der Waals surface area (Å²) in [5, 5.41) is 0. The van der Waals surface area contributed by atoms with Gasteiger partial charge in [0, 0.05) is 0 Å². The van der Waals surface area contributed by atoms with E-state index in [0.29, 0.717) is 5.41 Å². The van der Waals surface area contributed by atoms with E-state index >= 15 is 0 Å². The van der Waals surface area contributed by atoms with Gasteiger partial charge in [-0.25, -0.2) is 0 Å². The molecule has 3 rings (SSSR count). The molecule has 3 saturated carbocycles. The normalized spacial score (nSPS) is 24.8. The van der Waals surface area contributed by atoms with Crippen molar-refractivity contribution in [1.82, 2.24) is 0 Å². The molecule has 0 radical (unpaired) electrons. The average Bonchev–Trinajstić information content (AvgIpc) is 3.17. The van der Waals surface area contributed by atoms with Gasteiger partial charge in [-0.3, -0.25) is 0 Å². The average molecular weight is 351 g/mol. The predicted molar refractivity (Wildman–Crippen MR) is 115 cm³/mol. The van der Waals surface area contributed by atoms with Crippen LogP contribution in [0.3, 0.4) is 0 Å². The summed E-state index contributed by atoms with van der Waals surface area (Å²) in [4.78, 5) is 0. The zero-order chi connectivity index (χ0) is 18.5. The van der Waals surface area contributed by atoms with Gasteiger partial charge in [-0.1, -0.05) is 112 Å². The van der Waals surface area contributed by atoms with Crippen LogP contribution in [0.5, 0.6) is 0 Å². The molecule has 3 aliphatic rings. The quantitative estimate of drug-likeness (QED) is 0.476. The maximum absolute atomic E-state index is 2.40. The van der Waals surface area contributed by atoms with E-state index in [2.05, 4.69) is 34.6 Å². The Hall–Kier alpha value is 0. The lowest BCUT2D eigenvalue weighted by atomic mass is 9.72. The lowest BCUT2D eigenvalue weighted by molar-refractivity contribution is 0.188. The summed E-state index contributed by atoms with van der Waals surface area (Å²) in [5.74, 6) is 3.23. The van der Waals surface area contributed by atoms with Crippen molar-refractivity contribution >= 4 is 0 Å². The second-order valence-electron chi connectivity index (χ2n) is 9.99. The maximum atomic E-state index is 2.40. The molecule has 0 spiro atoms. The summed E-state index contributed by atoms with van der Waals surface area (Å²) < 4.78 is 0. The maximum Gasteiger partial charge on any atom is -0.0354 e. The van der Waals surface area contributed by atoms with Crippen molar-refractivity contribution in [2.24, 2.45) is 23.2 Å². The zero-order valence-electron chi connectivity index (χ0n) is 18.5. The summed E-state index contributed by atoms with van der Waals surface area (Å²) in [6.45, 7) is 11.7. The molecule has 0 nitrogen and oxygen atoms in total. The molecule has 3 fully saturated rings. The lowest BCUT2D eigenvalue weighted by Crippen LogP contribution is -2.20. The first kappa shape index (κ1) is 23.0. The summed E-state index contributed by atoms with van der Waals surface area (Å²) in [6, 6.07) is 0. The topological polar surface area (TPSA) is 0 Å². The minimum absolute atomic E-state index is 0.658. The first-order chi connectivity index (χ1) is 12.0. The Balaban J connectivity index is 0.000000191. The van der Waals surface area contributed by atoms with Crippen LogP contribution in [0.1, 0.15) is 137 Å². The van der Waals surface area contributed by atoms with E-state index in [9.17, 15) is 0 Å². The second kappa shape index (κ2) is 13.2. The summed E-state index contributed by atoms with van der Waals surface area (Å²) in [5.41, 5.74) is 0.658. The van der Waals surface area contributed by atoms with Crippen LogP contribution in [0.2, 0.25) is 0 Å². The van der Waals surface area contributed by atoms with Gasteiger partial charge >= 0.3 is 0 Å². The molecule has 0 bridgehead atoms. The summed E-state index contributed by atoms with van der Waals surface area (Å²) >= 11 is 0. The Morgan fingerprint density at radius 3 is 1.16 bits per heavy atom. The van der Waals surface area contributed by atoms with E-state index in [1.54, 1.807) is 0 Å². The van der Waals surface area contributed by atoms with Gasteiger partial charge < -0.3 is 0 Å². The van der Waals surface area contributed by atoms with E-state index in [-0.39, 0.29) is 0 Å². The fraction of sp³-hybridized carbons (Fsp3) is 1.00. The molecule has 0 aromatic rings. The minimum atomic E-state index is 0.658. The van der Waals surface area contributed by atoms with Crippen molar-refractivity contribution in [2.45, 2.75) is 137 Å². The standard InChI is InChI=1S/C10H20.C8H16.C7H14/c1-4-9-5-7-10(2,3)8-6-9;1-2-8-6-4-3-5-7-8;1-2-7-5-3-4-6-7/h9H,4-8H2,1-3H3;8H,2-7H2,1H3;7H,2-6H2,1H3. The molecular formula is C25H50. The van der Waals surface area contributed by atoms with Gasteiger partial charge in [0.1, 0.15) is 0 Å². The molecule has 0 aromatic heterocycles. The largest absolute Gasteiger partial charge is 0.0651 e. The van der Waals surface area contributed by atoms with Crippen molar-refractivity contribution in [3.05, 3.63) is 0 Å². The van der Waals surface area contributed by atoms with Crippen molar-refractivity contribution in [2.75, 3.05) is 0 Å². The highest BCUT2D eigenvalue weighted by atomic mass is 14.3. The first-order valence-electron chi connectivity index (χ1n) is 12.0. The van der Waals surface area contributed by atoms with E-state index in [1.165, 1.54) is 103 Å². The van der Waals surface area contributed by atoms with E-state index in [4.69, 9.17) is 0 Å². The number of hydrogen-bond donors (Lipinski definition) is 0. The van der Waals surface area contributed by atoms with Crippen LogP contribution >= 0.6 is 0 Å². The molecule has 0 amide bonds. The van der Waals surface area contributed by atoms with Crippen LogP contribution in [0.15, 0.2) is 0 Å². The highest BCUT2D eigenvalue weighted by Crippen LogP contribution is 2.38. The van der Waals surface area contributed by atoms with Gasteiger partial charge in [-0.05, 0) is 48.9 Å². The molecule has 25 heavy (non-hydrogen) atoms. The SMILES string of the molecule is CCC1CCC(C)(C)CC1.CCC1CCCC1.CCC1CCCCC1. The third kappa shape index (κ3) is 10.7. The van der Waals surface area contributed by atoms with Crippen molar-refractivity contribution in [3.8, 4) is 0 Å². The smallest absolute Gasteiger partial charge is 0.0354 e. The fourth-order valence-corrected chi connectivity index (χ4v) is 4.88. The Morgan fingerprint density at radius 2 is 0.840 bits per heavy atom. The van der Waals surface area contributed by atoms with Gasteiger partial charge in [-0.2, -0.15) is 0 Å².